The molecule has 0 heterocycles. The molecule has 0 bridgehead atoms. The van der Waals surface area contributed by atoms with Crippen molar-refractivity contribution in [3.8, 4) is 5.75 Å². The Labute approximate surface area is 159 Å². The number of ether oxygens (including phenoxy) is 2. The number of hydrogen-bond donors (Lipinski definition) is 3. The van der Waals surface area contributed by atoms with Crippen LogP contribution in [0.15, 0.2) is 48.5 Å². The van der Waals surface area contributed by atoms with Gasteiger partial charge in [-0.15, -0.1) is 0 Å². The molecule has 0 aliphatic heterocycles. The van der Waals surface area contributed by atoms with Crippen molar-refractivity contribution in [2.45, 2.75) is 13.8 Å². The molecule has 2 aromatic carbocycles. The second-order valence-corrected chi connectivity index (χ2v) is 5.71. The zero-order valence-corrected chi connectivity index (χ0v) is 15.6. The summed E-state index contributed by atoms with van der Waals surface area (Å²) in [5.74, 6) is 0.241. The van der Waals surface area contributed by atoms with E-state index in [2.05, 4.69) is 16.0 Å². The number of nitrogens with one attached hydrogen (secondary N) is 3. The van der Waals surface area contributed by atoms with E-state index in [9.17, 15) is 9.59 Å². The summed E-state index contributed by atoms with van der Waals surface area (Å²) in [7, 11) is 0. The van der Waals surface area contributed by atoms with Crippen LogP contribution in [0.4, 0.5) is 17.1 Å². The summed E-state index contributed by atoms with van der Waals surface area (Å²) in [5, 5.41) is 8.57. The largest absolute Gasteiger partial charge is 0.489 e. The monoisotopic (exact) mass is 371 g/mol. The lowest BCUT2D eigenvalue weighted by Crippen LogP contribution is -2.22. The Morgan fingerprint density at radius 3 is 2.52 bits per heavy atom. The minimum absolute atomic E-state index is 0.0802. The Morgan fingerprint density at radius 2 is 1.74 bits per heavy atom. The first kappa shape index (κ1) is 20.3. The van der Waals surface area contributed by atoms with Crippen molar-refractivity contribution >= 4 is 28.9 Å². The van der Waals surface area contributed by atoms with Crippen LogP contribution in [0.1, 0.15) is 13.8 Å². The molecule has 0 unspecified atom stereocenters. The van der Waals surface area contributed by atoms with Gasteiger partial charge in [0.2, 0.25) is 11.8 Å². The predicted molar refractivity (Wildman–Crippen MR) is 106 cm³/mol. The molecule has 0 saturated heterocycles. The molecule has 144 valence electrons. The van der Waals surface area contributed by atoms with Gasteiger partial charge in [-0.05, 0) is 37.3 Å². The lowest BCUT2D eigenvalue weighted by molar-refractivity contribution is -0.115. The van der Waals surface area contributed by atoms with Crippen LogP contribution >= 0.6 is 0 Å². The van der Waals surface area contributed by atoms with E-state index in [4.69, 9.17) is 9.47 Å². The van der Waals surface area contributed by atoms with Crippen LogP contribution in [0.3, 0.4) is 0 Å². The molecule has 2 aromatic rings. The number of amides is 2. The number of carbonyl (C=O) groups is 2. The van der Waals surface area contributed by atoms with Crippen LogP contribution in [0.25, 0.3) is 0 Å². The fraction of sp³-hybridized carbons (Fsp3) is 0.300. The third-order valence-corrected chi connectivity index (χ3v) is 3.49. The fourth-order valence-electron chi connectivity index (χ4n) is 2.34. The third-order valence-electron chi connectivity index (χ3n) is 3.49. The van der Waals surface area contributed by atoms with Crippen LogP contribution in [0.2, 0.25) is 0 Å². The molecule has 0 saturated carbocycles. The smallest absolute Gasteiger partial charge is 0.243 e. The Morgan fingerprint density at radius 1 is 0.963 bits per heavy atom. The maximum absolute atomic E-state index is 12.3. The number of hydrogen-bond acceptors (Lipinski definition) is 5. The average molecular weight is 371 g/mol. The van der Waals surface area contributed by atoms with E-state index in [1.54, 1.807) is 30.3 Å². The standard InChI is InChI=1S/C20H25N3O4/c1-3-26-11-12-27-19-10-5-4-9-18(19)23-20(25)14-21-16-7-6-8-17(13-16)22-15(2)24/h4-10,13,21H,3,11-12,14H2,1-2H3,(H,22,24)(H,23,25). The first-order valence-electron chi connectivity index (χ1n) is 8.79. The minimum atomic E-state index is -0.208. The van der Waals surface area contributed by atoms with Gasteiger partial charge in [0, 0.05) is 24.9 Å². The van der Waals surface area contributed by atoms with Crippen molar-refractivity contribution < 1.29 is 19.1 Å². The second-order valence-electron chi connectivity index (χ2n) is 5.71. The van der Waals surface area contributed by atoms with E-state index in [0.717, 1.165) is 5.69 Å². The molecule has 0 atom stereocenters. The Bertz CT molecular complexity index is 764. The maximum atomic E-state index is 12.3. The highest BCUT2D eigenvalue weighted by Gasteiger charge is 2.08. The molecule has 27 heavy (non-hydrogen) atoms. The van der Waals surface area contributed by atoms with Crippen molar-refractivity contribution in [1.29, 1.82) is 0 Å². The van der Waals surface area contributed by atoms with Crippen LogP contribution < -0.4 is 20.7 Å². The van der Waals surface area contributed by atoms with Gasteiger partial charge in [0.05, 0.1) is 18.8 Å². The van der Waals surface area contributed by atoms with Crippen LogP contribution in [-0.4, -0.2) is 38.2 Å². The van der Waals surface area contributed by atoms with Crippen molar-refractivity contribution in [3.63, 3.8) is 0 Å². The quantitative estimate of drug-likeness (QED) is 0.559. The molecule has 7 heteroatoms. The summed E-state index contributed by atoms with van der Waals surface area (Å²) >= 11 is 0. The number of anilines is 3. The summed E-state index contributed by atoms with van der Waals surface area (Å²) in [5.41, 5.74) is 2.01. The summed E-state index contributed by atoms with van der Waals surface area (Å²) in [4.78, 5) is 23.4. The molecule has 2 amide bonds. The number of carbonyl (C=O) groups excluding carboxylic acids is 2. The fourth-order valence-corrected chi connectivity index (χ4v) is 2.34. The first-order valence-corrected chi connectivity index (χ1v) is 8.79. The van der Waals surface area contributed by atoms with Crippen LogP contribution in [0.5, 0.6) is 5.75 Å². The van der Waals surface area contributed by atoms with Crippen LogP contribution in [0, 0.1) is 0 Å². The van der Waals surface area contributed by atoms with Gasteiger partial charge in [0.1, 0.15) is 12.4 Å². The van der Waals surface area contributed by atoms with E-state index in [1.807, 2.05) is 25.1 Å². The van der Waals surface area contributed by atoms with Gasteiger partial charge >= 0.3 is 0 Å². The summed E-state index contributed by atoms with van der Waals surface area (Å²) < 4.78 is 10.9. The highest BCUT2D eigenvalue weighted by Crippen LogP contribution is 2.23. The summed E-state index contributed by atoms with van der Waals surface area (Å²) in [6.07, 6.45) is 0. The molecule has 0 aromatic heterocycles. The highest BCUT2D eigenvalue weighted by atomic mass is 16.5. The van der Waals surface area contributed by atoms with Crippen molar-refractivity contribution in [1.82, 2.24) is 0 Å². The zero-order valence-electron chi connectivity index (χ0n) is 15.6. The Balaban J connectivity index is 1.88. The van der Waals surface area contributed by atoms with Gasteiger partial charge in [-0.3, -0.25) is 9.59 Å². The summed E-state index contributed by atoms with van der Waals surface area (Å²) in [6.45, 7) is 4.99. The van der Waals surface area contributed by atoms with E-state index < -0.39 is 0 Å². The van der Waals surface area contributed by atoms with Crippen molar-refractivity contribution in [2.75, 3.05) is 42.3 Å². The van der Waals surface area contributed by atoms with E-state index in [1.165, 1.54) is 6.92 Å². The first-order chi connectivity index (χ1) is 13.1. The van der Waals surface area contributed by atoms with Gasteiger partial charge in [0.25, 0.3) is 0 Å². The van der Waals surface area contributed by atoms with Crippen LogP contribution in [-0.2, 0) is 14.3 Å². The van der Waals surface area contributed by atoms with E-state index in [-0.39, 0.29) is 18.4 Å². The third kappa shape index (κ3) is 7.37. The molecular weight excluding hydrogens is 346 g/mol. The number of rotatable bonds is 10. The molecule has 7 nitrogen and oxygen atoms in total. The molecule has 3 N–H and O–H groups in total. The summed E-state index contributed by atoms with van der Waals surface area (Å²) in [6, 6.07) is 14.4. The van der Waals surface area contributed by atoms with Crippen molar-refractivity contribution in [2.24, 2.45) is 0 Å². The molecule has 0 fully saturated rings. The maximum Gasteiger partial charge on any atom is 0.243 e. The molecule has 2 rings (SSSR count). The van der Waals surface area contributed by atoms with Gasteiger partial charge in [-0.1, -0.05) is 18.2 Å². The Hall–Kier alpha value is -3.06. The lowest BCUT2D eigenvalue weighted by atomic mass is 10.2. The normalized spacial score (nSPS) is 10.1. The van der Waals surface area contributed by atoms with E-state index >= 15 is 0 Å². The van der Waals surface area contributed by atoms with Crippen molar-refractivity contribution in [3.05, 3.63) is 48.5 Å². The molecule has 0 spiro atoms. The average Bonchev–Trinajstić information content (AvgIpc) is 2.64. The molecule has 0 aliphatic carbocycles. The van der Waals surface area contributed by atoms with E-state index in [0.29, 0.717) is 36.9 Å². The highest BCUT2D eigenvalue weighted by molar-refractivity contribution is 5.95. The minimum Gasteiger partial charge on any atom is -0.489 e. The molecule has 0 radical (unpaired) electrons. The molecule has 0 aliphatic rings. The van der Waals surface area contributed by atoms with Gasteiger partial charge in [-0.2, -0.15) is 0 Å². The lowest BCUT2D eigenvalue weighted by Gasteiger charge is -2.13. The number of para-hydroxylation sites is 2. The van der Waals surface area contributed by atoms with Gasteiger partial charge < -0.3 is 25.4 Å². The van der Waals surface area contributed by atoms with Gasteiger partial charge in [-0.25, -0.2) is 0 Å². The number of benzene rings is 2. The van der Waals surface area contributed by atoms with Gasteiger partial charge in [0.15, 0.2) is 0 Å². The SMILES string of the molecule is CCOCCOc1ccccc1NC(=O)CNc1cccc(NC(C)=O)c1. The second kappa shape index (κ2) is 10.8. The zero-order chi connectivity index (χ0) is 19.5. The topological polar surface area (TPSA) is 88.7 Å². The Kier molecular flexibility index (Phi) is 8.12. The predicted octanol–water partition coefficient (Wildman–Crippen LogP) is 3.11. The molecular formula is C20H25N3O4.